The number of hydrogen-bond donors (Lipinski definition) is 0. The van der Waals surface area contributed by atoms with Gasteiger partial charge in [0.1, 0.15) is 5.60 Å². The van der Waals surface area contributed by atoms with Gasteiger partial charge in [-0.05, 0) is 46.0 Å². The Morgan fingerprint density at radius 3 is 2.75 bits per heavy atom. The Balaban J connectivity index is 2.44. The molecule has 1 saturated heterocycles. The van der Waals surface area contributed by atoms with Gasteiger partial charge in [-0.25, -0.2) is 4.79 Å². The third kappa shape index (κ3) is 4.60. The molecule has 1 aliphatic heterocycles. The molecule has 0 aromatic rings. The number of carbonyl (C=O) groups excluding carboxylic acids is 1. The molecule has 0 aromatic heterocycles. The van der Waals surface area contributed by atoms with Crippen molar-refractivity contribution < 1.29 is 9.53 Å². The molecule has 1 aliphatic rings. The molecule has 0 N–H and O–H groups in total. The van der Waals surface area contributed by atoms with E-state index in [0.717, 1.165) is 25.9 Å². The molecule has 0 radical (unpaired) electrons. The van der Waals surface area contributed by atoms with Gasteiger partial charge in [0.15, 0.2) is 0 Å². The number of halogens is 1. The zero-order valence-corrected chi connectivity index (χ0v) is 11.2. The molecule has 3 nitrogen and oxygen atoms in total. The van der Waals surface area contributed by atoms with E-state index in [4.69, 9.17) is 16.3 Å². The first-order chi connectivity index (χ1) is 7.42. The Labute approximate surface area is 103 Å². The number of alkyl halides is 1. The Morgan fingerprint density at radius 1 is 1.50 bits per heavy atom. The minimum Gasteiger partial charge on any atom is -0.444 e. The summed E-state index contributed by atoms with van der Waals surface area (Å²) >= 11 is 5.73. The van der Waals surface area contributed by atoms with Gasteiger partial charge in [-0.15, -0.1) is 11.6 Å². The van der Waals surface area contributed by atoms with Crippen LogP contribution < -0.4 is 0 Å². The van der Waals surface area contributed by atoms with Crippen molar-refractivity contribution in [1.82, 2.24) is 4.90 Å². The van der Waals surface area contributed by atoms with Crippen molar-refractivity contribution in [2.75, 3.05) is 19.0 Å². The standard InChI is InChI=1S/C12H22ClNO2/c1-12(2,3)16-11(15)14-8-4-5-10(9-14)6-7-13/h10H,4-9H2,1-3H3/t10-/m1/s1. The van der Waals surface area contributed by atoms with Crippen molar-refractivity contribution >= 4 is 17.7 Å². The smallest absolute Gasteiger partial charge is 0.410 e. The van der Waals surface area contributed by atoms with Crippen molar-refractivity contribution in [3.63, 3.8) is 0 Å². The van der Waals surface area contributed by atoms with E-state index in [0.29, 0.717) is 11.8 Å². The second-order valence-corrected chi connectivity index (χ2v) is 5.79. The maximum atomic E-state index is 11.8. The lowest BCUT2D eigenvalue weighted by molar-refractivity contribution is 0.0164. The van der Waals surface area contributed by atoms with Gasteiger partial charge in [0.25, 0.3) is 0 Å². The van der Waals surface area contributed by atoms with Crippen LogP contribution in [0.1, 0.15) is 40.0 Å². The average molecular weight is 248 g/mol. The van der Waals surface area contributed by atoms with Crippen molar-refractivity contribution in [2.24, 2.45) is 5.92 Å². The van der Waals surface area contributed by atoms with Crippen LogP contribution in [0.25, 0.3) is 0 Å². The topological polar surface area (TPSA) is 29.5 Å². The summed E-state index contributed by atoms with van der Waals surface area (Å²) in [5.41, 5.74) is -0.406. The van der Waals surface area contributed by atoms with E-state index in [9.17, 15) is 4.79 Å². The number of rotatable bonds is 2. The van der Waals surface area contributed by atoms with Gasteiger partial charge in [-0.3, -0.25) is 0 Å². The van der Waals surface area contributed by atoms with Crippen LogP contribution in [0.15, 0.2) is 0 Å². The minimum absolute atomic E-state index is 0.188. The fraction of sp³-hybridized carbons (Fsp3) is 0.917. The molecule has 0 aromatic carbocycles. The Morgan fingerprint density at radius 2 is 2.19 bits per heavy atom. The van der Waals surface area contributed by atoms with Gasteiger partial charge >= 0.3 is 6.09 Å². The lowest BCUT2D eigenvalue weighted by Crippen LogP contribution is -2.42. The maximum Gasteiger partial charge on any atom is 0.410 e. The lowest BCUT2D eigenvalue weighted by atomic mass is 9.96. The predicted molar refractivity (Wildman–Crippen MR) is 65.9 cm³/mol. The van der Waals surface area contributed by atoms with Crippen LogP contribution in [-0.4, -0.2) is 35.6 Å². The fourth-order valence-corrected chi connectivity index (χ4v) is 2.26. The quantitative estimate of drug-likeness (QED) is 0.701. The minimum atomic E-state index is -0.406. The highest BCUT2D eigenvalue weighted by Gasteiger charge is 2.27. The first kappa shape index (κ1) is 13.6. The largest absolute Gasteiger partial charge is 0.444 e. The SMILES string of the molecule is CC(C)(C)OC(=O)N1CCC[C@H](CCCl)C1. The molecule has 94 valence electrons. The van der Waals surface area contributed by atoms with E-state index in [1.165, 1.54) is 6.42 Å². The molecule has 1 rings (SSSR count). The summed E-state index contributed by atoms with van der Waals surface area (Å²) < 4.78 is 5.36. The van der Waals surface area contributed by atoms with E-state index >= 15 is 0 Å². The molecule has 0 saturated carbocycles. The number of hydrogen-bond acceptors (Lipinski definition) is 2. The summed E-state index contributed by atoms with van der Waals surface area (Å²) in [6.07, 6.45) is 3.03. The third-order valence-corrected chi connectivity index (χ3v) is 2.91. The summed E-state index contributed by atoms with van der Waals surface area (Å²) in [5, 5.41) is 0. The summed E-state index contributed by atoms with van der Waals surface area (Å²) in [6, 6.07) is 0. The van der Waals surface area contributed by atoms with Crippen LogP contribution in [0, 0.1) is 5.92 Å². The summed E-state index contributed by atoms with van der Waals surface area (Å²) in [4.78, 5) is 13.6. The van der Waals surface area contributed by atoms with Crippen LogP contribution in [0.4, 0.5) is 4.79 Å². The Kier molecular flexibility index (Phi) is 4.90. The first-order valence-electron chi connectivity index (χ1n) is 5.96. The van der Waals surface area contributed by atoms with E-state index < -0.39 is 5.60 Å². The van der Waals surface area contributed by atoms with Crippen molar-refractivity contribution in [1.29, 1.82) is 0 Å². The second kappa shape index (κ2) is 5.76. The van der Waals surface area contributed by atoms with Gasteiger partial charge in [0.05, 0.1) is 0 Å². The third-order valence-electron chi connectivity index (χ3n) is 2.69. The average Bonchev–Trinajstić information content (AvgIpc) is 2.16. The van der Waals surface area contributed by atoms with Gasteiger partial charge in [-0.2, -0.15) is 0 Å². The summed E-state index contributed by atoms with van der Waals surface area (Å²) in [7, 11) is 0. The highest BCUT2D eigenvalue weighted by atomic mass is 35.5. The summed E-state index contributed by atoms with van der Waals surface area (Å²) in [5.74, 6) is 1.21. The lowest BCUT2D eigenvalue weighted by Gasteiger charge is -2.33. The summed E-state index contributed by atoms with van der Waals surface area (Å²) in [6.45, 7) is 7.29. The zero-order chi connectivity index (χ0) is 12.2. The molecule has 0 spiro atoms. The molecule has 0 bridgehead atoms. The van der Waals surface area contributed by atoms with Crippen LogP contribution in [-0.2, 0) is 4.74 Å². The monoisotopic (exact) mass is 247 g/mol. The molecule has 16 heavy (non-hydrogen) atoms. The van der Waals surface area contributed by atoms with Crippen molar-refractivity contribution in [3.05, 3.63) is 0 Å². The molecular weight excluding hydrogens is 226 g/mol. The zero-order valence-electron chi connectivity index (χ0n) is 10.5. The van der Waals surface area contributed by atoms with E-state index in [1.54, 1.807) is 0 Å². The molecule has 0 aliphatic carbocycles. The fourth-order valence-electron chi connectivity index (χ4n) is 1.95. The molecular formula is C12H22ClNO2. The van der Waals surface area contributed by atoms with Crippen molar-refractivity contribution in [2.45, 2.75) is 45.6 Å². The van der Waals surface area contributed by atoms with Gasteiger partial charge < -0.3 is 9.64 Å². The Hall–Kier alpha value is -0.440. The maximum absolute atomic E-state index is 11.8. The number of piperidine rings is 1. The molecule has 1 atom stereocenters. The number of amides is 1. The molecule has 0 unspecified atom stereocenters. The highest BCUT2D eigenvalue weighted by molar-refractivity contribution is 6.17. The number of nitrogens with zero attached hydrogens (tertiary/aromatic N) is 1. The van der Waals surface area contributed by atoms with Crippen LogP contribution >= 0.6 is 11.6 Å². The number of likely N-dealkylation sites (tertiary alicyclic amines) is 1. The van der Waals surface area contributed by atoms with E-state index in [2.05, 4.69) is 0 Å². The molecule has 1 heterocycles. The van der Waals surface area contributed by atoms with Gasteiger partial charge in [0.2, 0.25) is 0 Å². The van der Waals surface area contributed by atoms with Gasteiger partial charge in [-0.1, -0.05) is 0 Å². The second-order valence-electron chi connectivity index (χ2n) is 5.41. The molecule has 1 amide bonds. The molecule has 4 heteroatoms. The Bertz CT molecular complexity index is 236. The van der Waals surface area contributed by atoms with E-state index in [1.807, 2.05) is 25.7 Å². The van der Waals surface area contributed by atoms with Crippen LogP contribution in [0.5, 0.6) is 0 Å². The van der Waals surface area contributed by atoms with Crippen LogP contribution in [0.2, 0.25) is 0 Å². The normalized spacial score (nSPS) is 22.0. The van der Waals surface area contributed by atoms with E-state index in [-0.39, 0.29) is 6.09 Å². The van der Waals surface area contributed by atoms with Crippen LogP contribution in [0.3, 0.4) is 0 Å². The number of carbonyl (C=O) groups is 1. The predicted octanol–water partition coefficient (Wildman–Crippen LogP) is 3.26. The highest BCUT2D eigenvalue weighted by Crippen LogP contribution is 2.21. The number of ether oxygens (including phenoxy) is 1. The molecule has 1 fully saturated rings. The first-order valence-corrected chi connectivity index (χ1v) is 6.49. The van der Waals surface area contributed by atoms with Crippen molar-refractivity contribution in [3.8, 4) is 0 Å². The van der Waals surface area contributed by atoms with Gasteiger partial charge in [0, 0.05) is 19.0 Å².